The molecule has 0 fully saturated rings. The second-order valence-corrected chi connectivity index (χ2v) is 2.75. The summed E-state index contributed by atoms with van der Waals surface area (Å²) in [6, 6.07) is 2.20. The number of ketones is 1. The Morgan fingerprint density at radius 2 is 2.14 bits per heavy atom. The van der Waals surface area contributed by atoms with E-state index in [9.17, 15) is 9.18 Å². The van der Waals surface area contributed by atoms with E-state index in [4.69, 9.17) is 10.2 Å². The van der Waals surface area contributed by atoms with Crippen molar-refractivity contribution in [2.24, 2.45) is 0 Å². The van der Waals surface area contributed by atoms with Crippen LogP contribution in [0.2, 0.25) is 0 Å². The second kappa shape index (κ2) is 4.06. The van der Waals surface area contributed by atoms with Crippen LogP contribution in [-0.4, -0.2) is 29.6 Å². The van der Waals surface area contributed by atoms with Gasteiger partial charge < -0.3 is 15.5 Å². The molecule has 0 unspecified atom stereocenters. The maximum atomic E-state index is 13.2. The molecule has 0 saturated heterocycles. The molecule has 0 radical (unpaired) electrons. The van der Waals surface area contributed by atoms with Gasteiger partial charge in [0.2, 0.25) is 0 Å². The zero-order valence-corrected chi connectivity index (χ0v) is 7.54. The van der Waals surface area contributed by atoms with Crippen LogP contribution in [-0.2, 0) is 0 Å². The standard InChI is InChI=1S/C9H10FNO3/c1-11-4-7(13)5-2-3-6(12)9(14)8(5)10/h2-3,11-12,14H,4H2,1H3. The number of Topliss-reactive ketones (excluding diaryl/α,β-unsaturated/α-hetero) is 1. The molecule has 0 saturated carbocycles. The van der Waals surface area contributed by atoms with Crippen molar-refractivity contribution >= 4 is 5.78 Å². The molecule has 1 aromatic carbocycles. The van der Waals surface area contributed by atoms with E-state index in [-0.39, 0.29) is 12.1 Å². The first-order valence-corrected chi connectivity index (χ1v) is 3.96. The largest absolute Gasteiger partial charge is 0.504 e. The number of phenols is 2. The number of likely N-dealkylation sites (N-methyl/N-ethyl adjacent to an activating group) is 1. The molecule has 0 aromatic heterocycles. The minimum atomic E-state index is -1.09. The van der Waals surface area contributed by atoms with Gasteiger partial charge in [0.15, 0.2) is 23.1 Å². The van der Waals surface area contributed by atoms with E-state index in [1.54, 1.807) is 7.05 Å². The Morgan fingerprint density at radius 3 is 2.71 bits per heavy atom. The van der Waals surface area contributed by atoms with Crippen molar-refractivity contribution in [1.82, 2.24) is 5.32 Å². The van der Waals surface area contributed by atoms with E-state index in [2.05, 4.69) is 5.32 Å². The SMILES string of the molecule is CNCC(=O)c1ccc(O)c(O)c1F. The maximum Gasteiger partial charge on any atom is 0.194 e. The number of rotatable bonds is 3. The molecule has 3 N–H and O–H groups in total. The number of halogens is 1. The fourth-order valence-corrected chi connectivity index (χ4v) is 1.03. The molecule has 14 heavy (non-hydrogen) atoms. The van der Waals surface area contributed by atoms with Crippen molar-refractivity contribution in [2.75, 3.05) is 13.6 Å². The highest BCUT2D eigenvalue weighted by Gasteiger charge is 2.16. The fourth-order valence-electron chi connectivity index (χ4n) is 1.03. The molecule has 0 amide bonds. The van der Waals surface area contributed by atoms with Gasteiger partial charge >= 0.3 is 0 Å². The average Bonchev–Trinajstić information content (AvgIpc) is 2.15. The lowest BCUT2D eigenvalue weighted by Crippen LogP contribution is -2.19. The van der Waals surface area contributed by atoms with Crippen molar-refractivity contribution in [1.29, 1.82) is 0 Å². The molecule has 0 spiro atoms. The lowest BCUT2D eigenvalue weighted by Gasteiger charge is -2.04. The van der Waals surface area contributed by atoms with Crippen molar-refractivity contribution < 1.29 is 19.4 Å². The number of hydrogen-bond acceptors (Lipinski definition) is 4. The fraction of sp³-hybridized carbons (Fsp3) is 0.222. The monoisotopic (exact) mass is 199 g/mol. The van der Waals surface area contributed by atoms with Gasteiger partial charge in [-0.05, 0) is 19.2 Å². The molecule has 0 aliphatic heterocycles. The Bertz CT molecular complexity index is 365. The molecule has 0 aliphatic carbocycles. The summed E-state index contributed by atoms with van der Waals surface area (Å²) >= 11 is 0. The van der Waals surface area contributed by atoms with Gasteiger partial charge in [-0.1, -0.05) is 0 Å². The maximum absolute atomic E-state index is 13.2. The first kappa shape index (κ1) is 10.5. The van der Waals surface area contributed by atoms with E-state index < -0.39 is 23.1 Å². The summed E-state index contributed by atoms with van der Waals surface area (Å²) in [4.78, 5) is 11.2. The third kappa shape index (κ3) is 1.82. The molecular formula is C9H10FNO3. The Hall–Kier alpha value is -1.62. The normalized spacial score (nSPS) is 10.1. The smallest absolute Gasteiger partial charge is 0.194 e. The highest BCUT2D eigenvalue weighted by Crippen LogP contribution is 2.29. The summed E-state index contributed by atoms with van der Waals surface area (Å²) in [5.74, 6) is -3.05. The van der Waals surface area contributed by atoms with Crippen LogP contribution in [0.3, 0.4) is 0 Å². The molecule has 0 aliphatic rings. The van der Waals surface area contributed by atoms with E-state index in [0.717, 1.165) is 12.1 Å². The first-order chi connectivity index (χ1) is 6.57. The van der Waals surface area contributed by atoms with Gasteiger partial charge in [0.25, 0.3) is 0 Å². The summed E-state index contributed by atoms with van der Waals surface area (Å²) in [5.41, 5.74) is -0.241. The summed E-state index contributed by atoms with van der Waals surface area (Å²) in [7, 11) is 1.55. The lowest BCUT2D eigenvalue weighted by molar-refractivity contribution is 0.0989. The number of aromatic hydroxyl groups is 2. The van der Waals surface area contributed by atoms with Gasteiger partial charge in [-0.25, -0.2) is 4.39 Å². The van der Waals surface area contributed by atoms with Crippen LogP contribution in [0.5, 0.6) is 11.5 Å². The molecule has 0 atom stereocenters. The van der Waals surface area contributed by atoms with Gasteiger partial charge in [0, 0.05) is 0 Å². The molecule has 0 bridgehead atoms. The Morgan fingerprint density at radius 1 is 1.50 bits per heavy atom. The second-order valence-electron chi connectivity index (χ2n) is 2.75. The van der Waals surface area contributed by atoms with Gasteiger partial charge in [-0.15, -0.1) is 0 Å². The molecular weight excluding hydrogens is 189 g/mol. The van der Waals surface area contributed by atoms with Crippen molar-refractivity contribution in [3.8, 4) is 11.5 Å². The van der Waals surface area contributed by atoms with Crippen LogP contribution in [0.1, 0.15) is 10.4 Å². The van der Waals surface area contributed by atoms with E-state index in [1.807, 2.05) is 0 Å². The number of carbonyl (C=O) groups excluding carboxylic acids is 1. The molecule has 0 heterocycles. The summed E-state index contributed by atoms with van der Waals surface area (Å²) in [5, 5.41) is 20.5. The minimum Gasteiger partial charge on any atom is -0.504 e. The third-order valence-corrected chi connectivity index (χ3v) is 1.73. The Kier molecular flexibility index (Phi) is 3.03. The number of benzene rings is 1. The van der Waals surface area contributed by atoms with Crippen LogP contribution < -0.4 is 5.32 Å². The summed E-state index contributed by atoms with van der Waals surface area (Å²) in [6.07, 6.45) is 0. The van der Waals surface area contributed by atoms with Gasteiger partial charge in [-0.3, -0.25) is 4.79 Å². The van der Waals surface area contributed by atoms with Crippen LogP contribution >= 0.6 is 0 Å². The van der Waals surface area contributed by atoms with Crippen LogP contribution in [0.4, 0.5) is 4.39 Å². The Balaban J connectivity index is 3.11. The topological polar surface area (TPSA) is 69.6 Å². The van der Waals surface area contributed by atoms with E-state index >= 15 is 0 Å². The zero-order chi connectivity index (χ0) is 10.7. The van der Waals surface area contributed by atoms with Crippen LogP contribution in [0.15, 0.2) is 12.1 Å². The summed E-state index contributed by atoms with van der Waals surface area (Å²) in [6.45, 7) is -0.0267. The van der Waals surface area contributed by atoms with Crippen molar-refractivity contribution in [3.63, 3.8) is 0 Å². The van der Waals surface area contributed by atoms with Gasteiger partial charge in [0.05, 0.1) is 12.1 Å². The summed E-state index contributed by atoms with van der Waals surface area (Å²) < 4.78 is 13.2. The Labute approximate surface area is 80.0 Å². The average molecular weight is 199 g/mol. The van der Waals surface area contributed by atoms with E-state index in [0.29, 0.717) is 0 Å². The van der Waals surface area contributed by atoms with Crippen molar-refractivity contribution in [3.05, 3.63) is 23.5 Å². The van der Waals surface area contributed by atoms with Gasteiger partial charge in [0.1, 0.15) is 0 Å². The van der Waals surface area contributed by atoms with Crippen LogP contribution in [0.25, 0.3) is 0 Å². The molecule has 4 nitrogen and oxygen atoms in total. The predicted octanol–water partition coefficient (Wildman–Crippen LogP) is 0.639. The highest BCUT2D eigenvalue weighted by atomic mass is 19.1. The molecule has 1 aromatic rings. The predicted molar refractivity (Wildman–Crippen MR) is 48.0 cm³/mol. The number of hydrogen-bond donors (Lipinski definition) is 3. The lowest BCUT2D eigenvalue weighted by atomic mass is 10.1. The van der Waals surface area contributed by atoms with Gasteiger partial charge in [-0.2, -0.15) is 0 Å². The first-order valence-electron chi connectivity index (χ1n) is 3.96. The van der Waals surface area contributed by atoms with Crippen molar-refractivity contribution in [2.45, 2.75) is 0 Å². The number of carbonyl (C=O) groups is 1. The third-order valence-electron chi connectivity index (χ3n) is 1.73. The molecule has 76 valence electrons. The van der Waals surface area contributed by atoms with E-state index in [1.165, 1.54) is 0 Å². The molecule has 1 rings (SSSR count). The minimum absolute atomic E-state index is 0.0267. The highest BCUT2D eigenvalue weighted by molar-refractivity contribution is 5.98. The number of nitrogens with one attached hydrogen (secondary N) is 1. The number of phenolic OH excluding ortho intramolecular Hbond substituents is 2. The van der Waals surface area contributed by atoms with Crippen LogP contribution in [0, 0.1) is 5.82 Å². The zero-order valence-electron chi connectivity index (χ0n) is 7.54. The quantitative estimate of drug-likeness (QED) is 0.493. The molecule has 5 heteroatoms.